The van der Waals surface area contributed by atoms with Gasteiger partial charge in [0.2, 0.25) is 5.91 Å². The highest BCUT2D eigenvalue weighted by molar-refractivity contribution is 5.97. The summed E-state index contributed by atoms with van der Waals surface area (Å²) in [7, 11) is 0. The summed E-state index contributed by atoms with van der Waals surface area (Å²) in [5, 5.41) is 13.5. The fourth-order valence-electron chi connectivity index (χ4n) is 3.70. The number of ether oxygens (including phenoxy) is 1. The van der Waals surface area contributed by atoms with Crippen molar-refractivity contribution in [1.29, 1.82) is 0 Å². The number of rotatable bonds is 13. The number of pyridine rings is 1. The smallest absolute Gasteiger partial charge is 0.220 e. The molecule has 0 bridgehead atoms. The maximum absolute atomic E-state index is 12.4. The first kappa shape index (κ1) is 25.4. The first-order chi connectivity index (χ1) is 15.3. The fourth-order valence-corrected chi connectivity index (χ4v) is 3.70. The molecule has 0 saturated heterocycles. The number of amides is 1. The maximum atomic E-state index is 12.4. The molecule has 2 N–H and O–H groups in total. The number of carbonyl (C=O) groups is 2. The molecular formula is C26H36N2O4. The molecule has 0 aliphatic heterocycles. The highest BCUT2D eigenvalue weighted by Crippen LogP contribution is 2.33. The lowest BCUT2D eigenvalue weighted by Crippen LogP contribution is -2.34. The standard InChI is InChI=1S/C26H36N2O4/c1-5-8-23-24(13-12-22(20(4)29)26(23)31)32-17-18(2)15-25(30)28-19(3)9-6-10-21-11-7-14-27-16-21/h7,11-14,16,18-19,31H,5-6,8-10,15,17H2,1-4H3,(H,28,30). The van der Waals surface area contributed by atoms with Gasteiger partial charge in [-0.15, -0.1) is 0 Å². The second-order valence-corrected chi connectivity index (χ2v) is 8.59. The van der Waals surface area contributed by atoms with Crippen LogP contribution in [0.2, 0.25) is 0 Å². The van der Waals surface area contributed by atoms with Crippen LogP contribution in [0.15, 0.2) is 36.7 Å². The third-order valence-corrected chi connectivity index (χ3v) is 5.41. The third-order valence-electron chi connectivity index (χ3n) is 5.41. The summed E-state index contributed by atoms with van der Waals surface area (Å²) in [6.07, 6.45) is 8.31. The average Bonchev–Trinajstić information content (AvgIpc) is 2.74. The second kappa shape index (κ2) is 12.8. The molecule has 1 amide bonds. The Labute approximate surface area is 191 Å². The Morgan fingerprint density at radius 3 is 2.62 bits per heavy atom. The number of carbonyl (C=O) groups excluding carboxylic acids is 2. The minimum Gasteiger partial charge on any atom is -0.507 e. The summed E-state index contributed by atoms with van der Waals surface area (Å²) in [4.78, 5) is 28.2. The molecule has 0 fully saturated rings. The Bertz CT molecular complexity index is 883. The van der Waals surface area contributed by atoms with E-state index in [2.05, 4.69) is 16.4 Å². The van der Waals surface area contributed by atoms with E-state index in [0.717, 1.165) is 25.7 Å². The molecule has 2 rings (SSSR count). The van der Waals surface area contributed by atoms with Gasteiger partial charge in [0.1, 0.15) is 11.5 Å². The highest BCUT2D eigenvalue weighted by Gasteiger charge is 2.18. The largest absolute Gasteiger partial charge is 0.507 e. The summed E-state index contributed by atoms with van der Waals surface area (Å²) in [6, 6.07) is 7.44. The minimum absolute atomic E-state index is 0.00218. The summed E-state index contributed by atoms with van der Waals surface area (Å²) < 4.78 is 5.93. The molecule has 1 aromatic carbocycles. The van der Waals surface area contributed by atoms with Gasteiger partial charge < -0.3 is 15.2 Å². The van der Waals surface area contributed by atoms with E-state index in [4.69, 9.17) is 4.74 Å². The Morgan fingerprint density at radius 1 is 1.19 bits per heavy atom. The van der Waals surface area contributed by atoms with Gasteiger partial charge >= 0.3 is 0 Å². The van der Waals surface area contributed by atoms with Crippen LogP contribution in [0.1, 0.15) is 74.9 Å². The number of hydrogen-bond donors (Lipinski definition) is 2. The van der Waals surface area contributed by atoms with Crippen molar-refractivity contribution in [1.82, 2.24) is 10.3 Å². The number of nitrogens with one attached hydrogen (secondary N) is 1. The monoisotopic (exact) mass is 440 g/mol. The summed E-state index contributed by atoms with van der Waals surface area (Å²) in [5.74, 6) is 0.430. The zero-order chi connectivity index (χ0) is 23.5. The van der Waals surface area contributed by atoms with Crippen LogP contribution < -0.4 is 10.1 Å². The Morgan fingerprint density at radius 2 is 1.97 bits per heavy atom. The zero-order valence-corrected chi connectivity index (χ0v) is 19.7. The predicted octanol–water partition coefficient (Wildman–Crippen LogP) is 4.87. The van der Waals surface area contributed by atoms with Crippen LogP contribution in [0.4, 0.5) is 0 Å². The van der Waals surface area contributed by atoms with Crippen LogP contribution in [0.25, 0.3) is 0 Å². The maximum Gasteiger partial charge on any atom is 0.220 e. The third kappa shape index (κ3) is 7.98. The molecule has 0 radical (unpaired) electrons. The van der Waals surface area contributed by atoms with Gasteiger partial charge in [-0.1, -0.05) is 26.3 Å². The van der Waals surface area contributed by atoms with Crippen LogP contribution in [0.5, 0.6) is 11.5 Å². The van der Waals surface area contributed by atoms with Crippen LogP contribution in [-0.4, -0.2) is 34.4 Å². The number of benzene rings is 1. The topological polar surface area (TPSA) is 88.5 Å². The van der Waals surface area contributed by atoms with E-state index < -0.39 is 0 Å². The van der Waals surface area contributed by atoms with Gasteiger partial charge in [0.25, 0.3) is 0 Å². The Balaban J connectivity index is 1.79. The lowest BCUT2D eigenvalue weighted by molar-refractivity contribution is -0.122. The van der Waals surface area contributed by atoms with E-state index >= 15 is 0 Å². The van der Waals surface area contributed by atoms with Crippen LogP contribution >= 0.6 is 0 Å². The molecule has 1 aromatic heterocycles. The van der Waals surface area contributed by atoms with Gasteiger partial charge in [-0.05, 0) is 69.2 Å². The molecule has 1 heterocycles. The van der Waals surface area contributed by atoms with Crippen molar-refractivity contribution in [3.63, 3.8) is 0 Å². The molecule has 2 atom stereocenters. The second-order valence-electron chi connectivity index (χ2n) is 8.59. The molecule has 2 aromatic rings. The van der Waals surface area contributed by atoms with Gasteiger partial charge in [0.15, 0.2) is 5.78 Å². The van der Waals surface area contributed by atoms with Crippen molar-refractivity contribution in [2.24, 2.45) is 5.92 Å². The van der Waals surface area contributed by atoms with Crippen molar-refractivity contribution in [2.45, 2.75) is 72.3 Å². The van der Waals surface area contributed by atoms with E-state index in [1.807, 2.05) is 33.0 Å². The highest BCUT2D eigenvalue weighted by atomic mass is 16.5. The van der Waals surface area contributed by atoms with E-state index in [0.29, 0.717) is 36.3 Å². The molecule has 0 aliphatic rings. The molecule has 0 saturated carbocycles. The number of ketones is 1. The number of nitrogens with zero attached hydrogens (tertiary/aromatic N) is 1. The molecule has 6 heteroatoms. The normalized spacial score (nSPS) is 12.8. The number of Topliss-reactive ketones (excluding diaryl/α,β-unsaturated/α-hetero) is 1. The Kier molecular flexibility index (Phi) is 10.2. The van der Waals surface area contributed by atoms with Crippen LogP contribution in [-0.2, 0) is 17.6 Å². The van der Waals surface area contributed by atoms with Crippen LogP contribution in [0.3, 0.4) is 0 Å². The van der Waals surface area contributed by atoms with Gasteiger partial charge in [0, 0.05) is 30.4 Å². The molecular weight excluding hydrogens is 404 g/mol. The van der Waals surface area contributed by atoms with Crippen molar-refractivity contribution >= 4 is 11.7 Å². The summed E-state index contributed by atoms with van der Waals surface area (Å²) in [6.45, 7) is 7.80. The number of phenols is 1. The van der Waals surface area contributed by atoms with Gasteiger partial charge in [-0.25, -0.2) is 0 Å². The lowest BCUT2D eigenvalue weighted by atomic mass is 10.0. The molecule has 0 spiro atoms. The first-order valence-corrected chi connectivity index (χ1v) is 11.5. The quantitative estimate of drug-likeness (QED) is 0.434. The van der Waals surface area contributed by atoms with E-state index in [-0.39, 0.29) is 29.4 Å². The number of hydrogen-bond acceptors (Lipinski definition) is 5. The molecule has 6 nitrogen and oxygen atoms in total. The zero-order valence-electron chi connectivity index (χ0n) is 19.7. The van der Waals surface area contributed by atoms with Crippen molar-refractivity contribution < 1.29 is 19.4 Å². The fraction of sp³-hybridized carbons (Fsp3) is 0.500. The average molecular weight is 441 g/mol. The van der Waals surface area contributed by atoms with E-state index in [9.17, 15) is 14.7 Å². The van der Waals surface area contributed by atoms with Crippen LogP contribution in [0, 0.1) is 5.92 Å². The molecule has 174 valence electrons. The number of aryl methyl sites for hydroxylation is 1. The number of phenolic OH excluding ortho intramolecular Hbond substituents is 1. The summed E-state index contributed by atoms with van der Waals surface area (Å²) >= 11 is 0. The van der Waals surface area contributed by atoms with Crippen molar-refractivity contribution in [2.75, 3.05) is 6.61 Å². The van der Waals surface area contributed by atoms with Gasteiger partial charge in [0.05, 0.1) is 12.2 Å². The summed E-state index contributed by atoms with van der Waals surface area (Å²) in [5.41, 5.74) is 2.17. The van der Waals surface area contributed by atoms with Crippen molar-refractivity contribution in [3.05, 3.63) is 53.3 Å². The number of aromatic hydroxyl groups is 1. The first-order valence-electron chi connectivity index (χ1n) is 11.5. The number of aromatic nitrogens is 1. The Hall–Kier alpha value is -2.89. The van der Waals surface area contributed by atoms with Gasteiger partial charge in [-0.2, -0.15) is 0 Å². The predicted molar refractivity (Wildman–Crippen MR) is 126 cm³/mol. The van der Waals surface area contributed by atoms with Gasteiger partial charge in [-0.3, -0.25) is 14.6 Å². The lowest BCUT2D eigenvalue weighted by Gasteiger charge is -2.19. The molecule has 2 unspecified atom stereocenters. The van der Waals surface area contributed by atoms with E-state index in [1.54, 1.807) is 18.3 Å². The van der Waals surface area contributed by atoms with Crippen molar-refractivity contribution in [3.8, 4) is 11.5 Å². The van der Waals surface area contributed by atoms with E-state index in [1.165, 1.54) is 12.5 Å². The molecule has 0 aliphatic carbocycles. The molecule has 32 heavy (non-hydrogen) atoms. The SMILES string of the molecule is CCCc1c(OCC(C)CC(=O)NC(C)CCCc2cccnc2)ccc(C(C)=O)c1O. The minimum atomic E-state index is -0.175.